The van der Waals surface area contributed by atoms with E-state index in [1.165, 1.54) is 7.11 Å². The molecule has 0 spiro atoms. The highest BCUT2D eigenvalue weighted by atomic mass is 35.5. The SMILES string of the molecule is CCNC(=NCc1ccc(OC)c(O)c1)NCc1ccc(Cl)cc1. The van der Waals surface area contributed by atoms with E-state index in [1.54, 1.807) is 12.1 Å². The number of phenols is 1. The summed E-state index contributed by atoms with van der Waals surface area (Å²) in [5.41, 5.74) is 2.02. The summed E-state index contributed by atoms with van der Waals surface area (Å²) >= 11 is 5.89. The first kappa shape index (κ1) is 17.9. The van der Waals surface area contributed by atoms with Gasteiger partial charge in [-0.25, -0.2) is 4.99 Å². The Kier molecular flexibility index (Phi) is 6.75. The summed E-state index contributed by atoms with van der Waals surface area (Å²) in [6.07, 6.45) is 0. The van der Waals surface area contributed by atoms with E-state index in [0.717, 1.165) is 22.7 Å². The van der Waals surface area contributed by atoms with Gasteiger partial charge in [0.05, 0.1) is 13.7 Å². The lowest BCUT2D eigenvalue weighted by Gasteiger charge is -2.12. The number of ether oxygens (including phenoxy) is 1. The van der Waals surface area contributed by atoms with Crippen LogP contribution in [0.15, 0.2) is 47.5 Å². The van der Waals surface area contributed by atoms with Crippen molar-refractivity contribution in [3.8, 4) is 11.5 Å². The van der Waals surface area contributed by atoms with Crippen molar-refractivity contribution in [1.82, 2.24) is 10.6 Å². The van der Waals surface area contributed by atoms with Gasteiger partial charge in [-0.05, 0) is 42.3 Å². The first-order valence-corrected chi connectivity index (χ1v) is 8.12. The Bertz CT molecular complexity index is 687. The topological polar surface area (TPSA) is 65.9 Å². The van der Waals surface area contributed by atoms with Crippen LogP contribution in [0.3, 0.4) is 0 Å². The molecule has 24 heavy (non-hydrogen) atoms. The van der Waals surface area contributed by atoms with Crippen molar-refractivity contribution >= 4 is 17.6 Å². The van der Waals surface area contributed by atoms with Gasteiger partial charge in [0.2, 0.25) is 0 Å². The average molecular weight is 348 g/mol. The van der Waals surface area contributed by atoms with Crippen LogP contribution in [-0.2, 0) is 13.1 Å². The van der Waals surface area contributed by atoms with Crippen molar-refractivity contribution < 1.29 is 9.84 Å². The lowest BCUT2D eigenvalue weighted by atomic mass is 10.2. The lowest BCUT2D eigenvalue weighted by Crippen LogP contribution is -2.36. The number of aromatic hydroxyl groups is 1. The van der Waals surface area contributed by atoms with Crippen molar-refractivity contribution in [2.24, 2.45) is 4.99 Å². The fourth-order valence-corrected chi connectivity index (χ4v) is 2.26. The Morgan fingerprint density at radius 2 is 1.83 bits per heavy atom. The predicted octanol–water partition coefficient (Wildman–Crippen LogP) is 3.31. The second-order valence-corrected chi connectivity index (χ2v) is 5.62. The van der Waals surface area contributed by atoms with Crippen LogP contribution < -0.4 is 15.4 Å². The second kappa shape index (κ2) is 9.03. The third-order valence-corrected chi connectivity index (χ3v) is 3.63. The number of guanidine groups is 1. The minimum atomic E-state index is 0.115. The van der Waals surface area contributed by atoms with E-state index in [-0.39, 0.29) is 5.75 Å². The molecule has 2 aromatic rings. The zero-order chi connectivity index (χ0) is 17.4. The zero-order valence-corrected chi connectivity index (χ0v) is 14.6. The molecule has 128 valence electrons. The molecule has 2 aromatic carbocycles. The predicted molar refractivity (Wildman–Crippen MR) is 97.8 cm³/mol. The molecular weight excluding hydrogens is 326 g/mol. The number of hydrogen-bond acceptors (Lipinski definition) is 3. The standard InChI is InChI=1S/C18H22ClN3O2/c1-3-20-18(21-11-13-4-7-15(19)8-5-13)22-12-14-6-9-17(24-2)16(23)10-14/h4-10,23H,3,11-12H2,1-2H3,(H2,20,21,22). The Labute approximate surface area is 147 Å². The molecule has 0 aliphatic heterocycles. The molecular formula is C18H22ClN3O2. The van der Waals surface area contributed by atoms with Gasteiger partial charge in [0.15, 0.2) is 17.5 Å². The number of rotatable bonds is 6. The molecule has 2 rings (SSSR count). The Morgan fingerprint density at radius 3 is 2.46 bits per heavy atom. The molecule has 5 nitrogen and oxygen atoms in total. The minimum Gasteiger partial charge on any atom is -0.504 e. The summed E-state index contributed by atoms with van der Waals surface area (Å²) in [5.74, 6) is 1.28. The van der Waals surface area contributed by atoms with Crippen molar-refractivity contribution in [2.45, 2.75) is 20.0 Å². The number of halogens is 1. The summed E-state index contributed by atoms with van der Waals surface area (Å²) in [6.45, 7) is 3.88. The summed E-state index contributed by atoms with van der Waals surface area (Å²) in [6, 6.07) is 12.9. The first-order valence-electron chi connectivity index (χ1n) is 7.75. The highest BCUT2D eigenvalue weighted by Crippen LogP contribution is 2.26. The number of hydrogen-bond donors (Lipinski definition) is 3. The molecule has 0 amide bonds. The number of benzene rings is 2. The fraction of sp³-hybridized carbons (Fsp3) is 0.278. The quantitative estimate of drug-likeness (QED) is 0.554. The van der Waals surface area contributed by atoms with Gasteiger partial charge >= 0.3 is 0 Å². The van der Waals surface area contributed by atoms with Crippen LogP contribution in [-0.4, -0.2) is 24.7 Å². The van der Waals surface area contributed by atoms with E-state index in [9.17, 15) is 5.11 Å². The van der Waals surface area contributed by atoms with Crippen LogP contribution in [0, 0.1) is 0 Å². The molecule has 0 saturated carbocycles. The smallest absolute Gasteiger partial charge is 0.191 e. The first-order chi connectivity index (χ1) is 11.6. The van der Waals surface area contributed by atoms with Gasteiger partial charge in [0.25, 0.3) is 0 Å². The van der Waals surface area contributed by atoms with Crippen molar-refractivity contribution in [3.05, 3.63) is 58.6 Å². The van der Waals surface area contributed by atoms with E-state index < -0.39 is 0 Å². The van der Waals surface area contributed by atoms with Crippen LogP contribution in [0.2, 0.25) is 5.02 Å². The Morgan fingerprint density at radius 1 is 1.12 bits per heavy atom. The number of aliphatic imine (C=N–C) groups is 1. The van der Waals surface area contributed by atoms with E-state index >= 15 is 0 Å². The van der Waals surface area contributed by atoms with Crippen LogP contribution in [0.25, 0.3) is 0 Å². The molecule has 0 radical (unpaired) electrons. The lowest BCUT2D eigenvalue weighted by molar-refractivity contribution is 0.373. The van der Waals surface area contributed by atoms with Crippen LogP contribution in [0.4, 0.5) is 0 Å². The van der Waals surface area contributed by atoms with Crippen LogP contribution in [0.5, 0.6) is 11.5 Å². The number of phenolic OH excluding ortho intramolecular Hbond substituents is 1. The molecule has 0 unspecified atom stereocenters. The van der Waals surface area contributed by atoms with Gasteiger partial charge in [-0.3, -0.25) is 0 Å². The summed E-state index contributed by atoms with van der Waals surface area (Å²) in [5, 5.41) is 17.0. The molecule has 0 aromatic heterocycles. The Hall–Kier alpha value is -2.40. The summed E-state index contributed by atoms with van der Waals surface area (Å²) in [7, 11) is 1.52. The molecule has 0 atom stereocenters. The van der Waals surface area contributed by atoms with Gasteiger partial charge in [-0.15, -0.1) is 0 Å². The Balaban J connectivity index is 1.99. The molecule has 6 heteroatoms. The number of methoxy groups -OCH3 is 1. The van der Waals surface area contributed by atoms with Crippen LogP contribution in [0.1, 0.15) is 18.1 Å². The van der Waals surface area contributed by atoms with Gasteiger partial charge in [-0.1, -0.05) is 29.8 Å². The van der Waals surface area contributed by atoms with Gasteiger partial charge in [0, 0.05) is 18.1 Å². The highest BCUT2D eigenvalue weighted by Gasteiger charge is 2.03. The highest BCUT2D eigenvalue weighted by molar-refractivity contribution is 6.30. The third-order valence-electron chi connectivity index (χ3n) is 3.38. The molecule has 0 bridgehead atoms. The molecule has 0 heterocycles. The van der Waals surface area contributed by atoms with Crippen molar-refractivity contribution in [3.63, 3.8) is 0 Å². The van der Waals surface area contributed by atoms with Crippen molar-refractivity contribution in [1.29, 1.82) is 0 Å². The molecule has 3 N–H and O–H groups in total. The monoisotopic (exact) mass is 347 g/mol. The molecule has 0 fully saturated rings. The van der Waals surface area contributed by atoms with E-state index in [4.69, 9.17) is 16.3 Å². The van der Waals surface area contributed by atoms with E-state index in [1.807, 2.05) is 37.3 Å². The largest absolute Gasteiger partial charge is 0.504 e. The molecule has 0 saturated heterocycles. The summed E-state index contributed by atoms with van der Waals surface area (Å²) in [4.78, 5) is 4.53. The van der Waals surface area contributed by atoms with Gasteiger partial charge in [0.1, 0.15) is 0 Å². The maximum atomic E-state index is 9.82. The zero-order valence-electron chi connectivity index (χ0n) is 13.8. The second-order valence-electron chi connectivity index (χ2n) is 5.18. The normalized spacial score (nSPS) is 11.2. The third kappa shape index (κ3) is 5.35. The fourth-order valence-electron chi connectivity index (χ4n) is 2.13. The van der Waals surface area contributed by atoms with Crippen molar-refractivity contribution in [2.75, 3.05) is 13.7 Å². The van der Waals surface area contributed by atoms with Gasteiger partial charge in [-0.2, -0.15) is 0 Å². The maximum Gasteiger partial charge on any atom is 0.191 e. The average Bonchev–Trinajstić information content (AvgIpc) is 2.59. The molecule has 0 aliphatic rings. The minimum absolute atomic E-state index is 0.115. The molecule has 0 aliphatic carbocycles. The maximum absolute atomic E-state index is 9.82. The van der Waals surface area contributed by atoms with E-state index in [2.05, 4.69) is 15.6 Å². The summed E-state index contributed by atoms with van der Waals surface area (Å²) < 4.78 is 5.04. The van der Waals surface area contributed by atoms with E-state index in [0.29, 0.717) is 24.8 Å². The number of nitrogens with zero attached hydrogens (tertiary/aromatic N) is 1. The van der Waals surface area contributed by atoms with Crippen LogP contribution >= 0.6 is 11.6 Å². The van der Waals surface area contributed by atoms with Gasteiger partial charge < -0.3 is 20.5 Å². The number of nitrogens with one attached hydrogen (secondary N) is 2.